The van der Waals surface area contributed by atoms with Crippen molar-refractivity contribution in [3.8, 4) is 5.75 Å². The summed E-state index contributed by atoms with van der Waals surface area (Å²) in [5, 5.41) is 3.43. The van der Waals surface area contributed by atoms with Crippen molar-refractivity contribution in [2.24, 2.45) is 5.92 Å². The summed E-state index contributed by atoms with van der Waals surface area (Å²) in [4.78, 5) is 14.8. The molecule has 1 N–H and O–H groups in total. The van der Waals surface area contributed by atoms with Crippen LogP contribution in [-0.4, -0.2) is 43.6 Å². The largest absolute Gasteiger partial charge is 0.496 e. The van der Waals surface area contributed by atoms with Gasteiger partial charge in [-0.3, -0.25) is 4.79 Å². The van der Waals surface area contributed by atoms with Crippen LogP contribution < -0.4 is 10.1 Å². The van der Waals surface area contributed by atoms with Crippen molar-refractivity contribution in [2.75, 3.05) is 26.7 Å². The first-order valence-electron chi connectivity index (χ1n) is 7.75. The summed E-state index contributed by atoms with van der Waals surface area (Å²) in [6.07, 6.45) is 1.42. The van der Waals surface area contributed by atoms with Crippen molar-refractivity contribution in [1.29, 1.82) is 0 Å². The van der Waals surface area contributed by atoms with Crippen molar-refractivity contribution in [3.63, 3.8) is 0 Å². The second-order valence-corrected chi connectivity index (χ2v) is 5.94. The van der Waals surface area contributed by atoms with Crippen LogP contribution in [0.3, 0.4) is 0 Å². The molecule has 0 aliphatic carbocycles. The van der Waals surface area contributed by atoms with Gasteiger partial charge in [-0.25, -0.2) is 0 Å². The molecule has 1 atom stereocenters. The van der Waals surface area contributed by atoms with Crippen LogP contribution in [-0.2, 0) is 11.2 Å². The van der Waals surface area contributed by atoms with Gasteiger partial charge >= 0.3 is 0 Å². The minimum Gasteiger partial charge on any atom is -0.496 e. The number of nitrogens with one attached hydrogen (secondary N) is 1. The monoisotopic (exact) mass is 290 g/mol. The Bertz CT molecular complexity index is 474. The molecule has 1 unspecified atom stereocenters. The topological polar surface area (TPSA) is 41.6 Å². The summed E-state index contributed by atoms with van der Waals surface area (Å²) in [5.41, 5.74) is 0.963. The van der Waals surface area contributed by atoms with E-state index >= 15 is 0 Å². The molecule has 1 aromatic rings. The highest BCUT2D eigenvalue weighted by Crippen LogP contribution is 2.21. The van der Waals surface area contributed by atoms with Crippen LogP contribution in [0.1, 0.15) is 25.8 Å². The molecule has 4 heteroatoms. The molecule has 2 rings (SSSR count). The van der Waals surface area contributed by atoms with E-state index in [-0.39, 0.29) is 11.9 Å². The highest BCUT2D eigenvalue weighted by molar-refractivity contribution is 5.80. The van der Waals surface area contributed by atoms with Crippen LogP contribution in [0.15, 0.2) is 24.3 Å². The second kappa shape index (κ2) is 7.46. The fraction of sp³-hybridized carbons (Fsp3) is 0.588. The maximum atomic E-state index is 12.7. The Balaban J connectivity index is 2.13. The number of nitrogens with zero attached hydrogens (tertiary/aromatic N) is 1. The van der Waals surface area contributed by atoms with Crippen molar-refractivity contribution in [2.45, 2.75) is 32.7 Å². The molecule has 116 valence electrons. The predicted molar refractivity (Wildman–Crippen MR) is 84.5 cm³/mol. The highest BCUT2D eigenvalue weighted by Gasteiger charge is 2.27. The number of hydrogen-bond acceptors (Lipinski definition) is 3. The molecule has 21 heavy (non-hydrogen) atoms. The van der Waals surface area contributed by atoms with Crippen LogP contribution in [0.4, 0.5) is 0 Å². The zero-order valence-corrected chi connectivity index (χ0v) is 13.3. The first-order valence-corrected chi connectivity index (χ1v) is 7.75. The third-order valence-corrected chi connectivity index (χ3v) is 4.13. The van der Waals surface area contributed by atoms with Gasteiger partial charge in [-0.2, -0.15) is 0 Å². The lowest BCUT2D eigenvalue weighted by Crippen LogP contribution is -2.47. The molecule has 0 aromatic heterocycles. The molecule has 1 aliphatic rings. The first kappa shape index (κ1) is 15.8. The number of amides is 1. The molecule has 1 amide bonds. The van der Waals surface area contributed by atoms with Crippen molar-refractivity contribution >= 4 is 5.91 Å². The summed E-state index contributed by atoms with van der Waals surface area (Å²) >= 11 is 0. The van der Waals surface area contributed by atoms with E-state index in [2.05, 4.69) is 24.1 Å². The van der Waals surface area contributed by atoms with E-state index in [0.29, 0.717) is 12.3 Å². The number of ether oxygens (including phenoxy) is 1. The third kappa shape index (κ3) is 3.97. The Kier molecular flexibility index (Phi) is 5.62. The SMILES string of the molecule is COc1ccccc1CC(=O)N1CCCNCC1C(C)C. The molecule has 4 nitrogen and oxygen atoms in total. The van der Waals surface area contributed by atoms with E-state index in [4.69, 9.17) is 4.74 Å². The Hall–Kier alpha value is -1.55. The van der Waals surface area contributed by atoms with E-state index in [9.17, 15) is 4.79 Å². The molecule has 0 saturated carbocycles. The van der Waals surface area contributed by atoms with Gasteiger partial charge in [0.1, 0.15) is 5.75 Å². The zero-order valence-electron chi connectivity index (χ0n) is 13.3. The van der Waals surface area contributed by atoms with Crippen molar-refractivity contribution < 1.29 is 9.53 Å². The highest BCUT2D eigenvalue weighted by atomic mass is 16.5. The van der Waals surface area contributed by atoms with Crippen LogP contribution in [0, 0.1) is 5.92 Å². The van der Waals surface area contributed by atoms with Gasteiger partial charge in [0.25, 0.3) is 0 Å². The number of methoxy groups -OCH3 is 1. The molecule has 0 bridgehead atoms. The lowest BCUT2D eigenvalue weighted by molar-refractivity contribution is -0.133. The lowest BCUT2D eigenvalue weighted by atomic mass is 10.0. The van der Waals surface area contributed by atoms with Gasteiger partial charge < -0.3 is 15.0 Å². The number of carbonyl (C=O) groups excluding carboxylic acids is 1. The maximum absolute atomic E-state index is 12.7. The number of rotatable bonds is 4. The Labute approximate surface area is 127 Å². The van der Waals surface area contributed by atoms with Crippen molar-refractivity contribution in [3.05, 3.63) is 29.8 Å². The van der Waals surface area contributed by atoms with Gasteiger partial charge in [0.15, 0.2) is 0 Å². The fourth-order valence-corrected chi connectivity index (χ4v) is 2.92. The number of carbonyl (C=O) groups is 1. The standard InChI is InChI=1S/C17H26N2O2/c1-13(2)15-12-18-9-6-10-19(15)17(20)11-14-7-4-5-8-16(14)21-3/h4-5,7-8,13,15,18H,6,9-12H2,1-3H3. The fourth-order valence-electron chi connectivity index (χ4n) is 2.92. The summed E-state index contributed by atoms with van der Waals surface area (Å²) in [6.45, 7) is 7.07. The summed E-state index contributed by atoms with van der Waals surface area (Å²) in [7, 11) is 1.65. The molecule has 1 heterocycles. The van der Waals surface area contributed by atoms with Gasteiger partial charge in [0.05, 0.1) is 13.5 Å². The van der Waals surface area contributed by atoms with Gasteiger partial charge in [0, 0.05) is 24.7 Å². The van der Waals surface area contributed by atoms with Crippen LogP contribution in [0.25, 0.3) is 0 Å². The van der Waals surface area contributed by atoms with E-state index in [1.165, 1.54) is 0 Å². The smallest absolute Gasteiger partial charge is 0.227 e. The Morgan fingerprint density at radius 2 is 2.19 bits per heavy atom. The van der Waals surface area contributed by atoms with E-state index in [1.54, 1.807) is 7.11 Å². The molecular formula is C17H26N2O2. The minimum atomic E-state index is 0.196. The predicted octanol–water partition coefficient (Wildman–Crippen LogP) is 2.08. The van der Waals surface area contributed by atoms with Gasteiger partial charge in [-0.1, -0.05) is 32.0 Å². The molecule has 0 radical (unpaired) electrons. The first-order chi connectivity index (χ1) is 10.1. The minimum absolute atomic E-state index is 0.196. The molecule has 1 saturated heterocycles. The number of para-hydroxylation sites is 1. The molecule has 1 aromatic carbocycles. The molecule has 0 spiro atoms. The second-order valence-electron chi connectivity index (χ2n) is 5.94. The molecule has 1 aliphatic heterocycles. The van der Waals surface area contributed by atoms with Crippen molar-refractivity contribution in [1.82, 2.24) is 10.2 Å². The van der Waals surface area contributed by atoms with E-state index in [0.717, 1.165) is 37.4 Å². The lowest BCUT2D eigenvalue weighted by Gasteiger charge is -2.33. The number of hydrogen-bond donors (Lipinski definition) is 1. The molecular weight excluding hydrogens is 264 g/mol. The molecule has 1 fully saturated rings. The maximum Gasteiger partial charge on any atom is 0.227 e. The van der Waals surface area contributed by atoms with Gasteiger partial charge in [-0.15, -0.1) is 0 Å². The average molecular weight is 290 g/mol. The van der Waals surface area contributed by atoms with Crippen LogP contribution in [0.5, 0.6) is 5.75 Å². The average Bonchev–Trinajstić information content (AvgIpc) is 2.73. The number of benzene rings is 1. The third-order valence-electron chi connectivity index (χ3n) is 4.13. The summed E-state index contributed by atoms with van der Waals surface area (Å²) < 4.78 is 5.35. The zero-order chi connectivity index (χ0) is 15.2. The van der Waals surface area contributed by atoms with Crippen LogP contribution >= 0.6 is 0 Å². The Morgan fingerprint density at radius 1 is 1.43 bits per heavy atom. The summed E-state index contributed by atoms with van der Waals surface area (Å²) in [6, 6.07) is 8.04. The summed E-state index contributed by atoms with van der Waals surface area (Å²) in [5.74, 6) is 1.44. The Morgan fingerprint density at radius 3 is 2.90 bits per heavy atom. The van der Waals surface area contributed by atoms with Gasteiger partial charge in [-0.05, 0) is 24.9 Å². The van der Waals surface area contributed by atoms with E-state index < -0.39 is 0 Å². The van der Waals surface area contributed by atoms with Crippen LogP contribution in [0.2, 0.25) is 0 Å². The van der Waals surface area contributed by atoms with E-state index in [1.807, 2.05) is 24.3 Å². The van der Waals surface area contributed by atoms with Gasteiger partial charge in [0.2, 0.25) is 5.91 Å². The normalized spacial score (nSPS) is 19.4. The quantitative estimate of drug-likeness (QED) is 0.923.